The molecule has 3 N–H and O–H groups in total. The highest BCUT2D eigenvalue weighted by molar-refractivity contribution is 5.63. The molecule has 0 fully saturated rings. The largest absolute Gasteiger partial charge is 0.408 e. The number of aliphatic hydroxyl groups is 1. The van der Waals surface area contributed by atoms with E-state index in [1.165, 1.54) is 7.11 Å². The molecule has 0 bridgehead atoms. The molecule has 1 aromatic rings. The van der Waals surface area contributed by atoms with Gasteiger partial charge in [-0.15, -0.1) is 0 Å². The molecule has 2 atom stereocenters. The fourth-order valence-corrected chi connectivity index (χ4v) is 2.29. The number of hydrogen-bond donors (Lipinski definition) is 3. The minimum absolute atomic E-state index is 0.153. The van der Waals surface area contributed by atoms with Crippen molar-refractivity contribution < 1.29 is 23.0 Å². The van der Waals surface area contributed by atoms with Crippen molar-refractivity contribution in [2.45, 2.75) is 44.5 Å². The SMILES string of the molecule is COCCNc1nc(NC(C)C(F)(F)F)nc(C2=CC(O)CCC2)n1. The fraction of sp³-hybridized carbons (Fsp3) is 0.667. The second-order valence-electron chi connectivity index (χ2n) is 5.78. The molecule has 0 saturated heterocycles. The second-order valence-corrected chi connectivity index (χ2v) is 5.78. The van der Waals surface area contributed by atoms with Crippen LogP contribution < -0.4 is 10.6 Å². The van der Waals surface area contributed by atoms with Crippen LogP contribution in [0.15, 0.2) is 6.08 Å². The van der Waals surface area contributed by atoms with Gasteiger partial charge < -0.3 is 20.5 Å². The number of ether oxygens (including phenoxy) is 1. The number of allylic oxidation sites excluding steroid dienone is 1. The van der Waals surface area contributed by atoms with Crippen LogP contribution in [0.2, 0.25) is 0 Å². The van der Waals surface area contributed by atoms with Crippen molar-refractivity contribution in [3.05, 3.63) is 11.9 Å². The first-order valence-corrected chi connectivity index (χ1v) is 8.01. The van der Waals surface area contributed by atoms with Crippen LogP contribution in [0.25, 0.3) is 5.57 Å². The van der Waals surface area contributed by atoms with E-state index in [9.17, 15) is 18.3 Å². The molecule has 0 amide bonds. The lowest BCUT2D eigenvalue weighted by Gasteiger charge is -2.19. The Balaban J connectivity index is 2.28. The third-order valence-corrected chi connectivity index (χ3v) is 3.69. The van der Waals surface area contributed by atoms with Gasteiger partial charge in [-0.2, -0.15) is 28.1 Å². The Morgan fingerprint density at radius 2 is 2.04 bits per heavy atom. The molecule has 0 radical (unpaired) electrons. The molecule has 25 heavy (non-hydrogen) atoms. The fourth-order valence-electron chi connectivity index (χ4n) is 2.29. The predicted molar refractivity (Wildman–Crippen MR) is 87.2 cm³/mol. The summed E-state index contributed by atoms with van der Waals surface area (Å²) in [5.41, 5.74) is 0.693. The maximum Gasteiger partial charge on any atom is 0.408 e. The summed E-state index contributed by atoms with van der Waals surface area (Å²) in [5, 5.41) is 14.9. The average molecular weight is 361 g/mol. The minimum Gasteiger partial charge on any atom is -0.389 e. The highest BCUT2D eigenvalue weighted by atomic mass is 19.4. The van der Waals surface area contributed by atoms with Gasteiger partial charge in [-0.1, -0.05) is 0 Å². The molecule has 10 heteroatoms. The van der Waals surface area contributed by atoms with E-state index in [2.05, 4.69) is 25.6 Å². The molecule has 0 aliphatic heterocycles. The van der Waals surface area contributed by atoms with Crippen LogP contribution in [-0.2, 0) is 4.74 Å². The summed E-state index contributed by atoms with van der Waals surface area (Å²) in [6.07, 6.45) is -1.34. The van der Waals surface area contributed by atoms with Crippen molar-refractivity contribution in [1.82, 2.24) is 15.0 Å². The molecule has 1 aliphatic carbocycles. The van der Waals surface area contributed by atoms with Crippen molar-refractivity contribution in [1.29, 1.82) is 0 Å². The van der Waals surface area contributed by atoms with Gasteiger partial charge >= 0.3 is 6.18 Å². The molecule has 2 unspecified atom stereocenters. The number of anilines is 2. The minimum atomic E-state index is -4.42. The zero-order valence-corrected chi connectivity index (χ0v) is 14.1. The number of methoxy groups -OCH3 is 1. The van der Waals surface area contributed by atoms with Crippen LogP contribution in [0.3, 0.4) is 0 Å². The van der Waals surface area contributed by atoms with Gasteiger partial charge in [0.15, 0.2) is 5.82 Å². The maximum atomic E-state index is 12.8. The number of alkyl halides is 3. The van der Waals surface area contributed by atoms with Crippen molar-refractivity contribution in [2.75, 3.05) is 30.9 Å². The molecular weight excluding hydrogens is 339 g/mol. The summed E-state index contributed by atoms with van der Waals surface area (Å²) >= 11 is 0. The number of halogens is 3. The van der Waals surface area contributed by atoms with E-state index >= 15 is 0 Å². The number of hydrogen-bond acceptors (Lipinski definition) is 7. The van der Waals surface area contributed by atoms with Crippen molar-refractivity contribution >= 4 is 17.5 Å². The van der Waals surface area contributed by atoms with E-state index in [1.807, 2.05) is 0 Å². The molecular formula is C15H22F3N5O2. The lowest BCUT2D eigenvalue weighted by atomic mass is 9.97. The summed E-state index contributed by atoms with van der Waals surface area (Å²) in [7, 11) is 1.53. The van der Waals surface area contributed by atoms with E-state index in [-0.39, 0.29) is 17.7 Å². The molecule has 1 aromatic heterocycles. The number of aliphatic hydroxyl groups excluding tert-OH is 1. The number of nitrogens with one attached hydrogen (secondary N) is 2. The van der Waals surface area contributed by atoms with Gasteiger partial charge in [-0.05, 0) is 37.8 Å². The van der Waals surface area contributed by atoms with Gasteiger partial charge in [-0.25, -0.2) is 0 Å². The quantitative estimate of drug-likeness (QED) is 0.641. The van der Waals surface area contributed by atoms with Crippen molar-refractivity contribution in [2.24, 2.45) is 0 Å². The Hall–Kier alpha value is -1.94. The van der Waals surface area contributed by atoms with Crippen LogP contribution in [0.4, 0.5) is 25.1 Å². The molecule has 0 saturated carbocycles. The third kappa shape index (κ3) is 5.82. The number of rotatable bonds is 7. The van der Waals surface area contributed by atoms with Gasteiger partial charge in [0.05, 0.1) is 12.7 Å². The molecule has 1 heterocycles. The summed E-state index contributed by atoms with van der Waals surface area (Å²) < 4.78 is 43.3. The van der Waals surface area contributed by atoms with Crippen LogP contribution in [0.5, 0.6) is 0 Å². The summed E-state index contributed by atoms with van der Waals surface area (Å²) in [6.45, 7) is 1.78. The zero-order chi connectivity index (χ0) is 18.4. The van der Waals surface area contributed by atoms with Crippen LogP contribution in [0, 0.1) is 0 Å². The van der Waals surface area contributed by atoms with Gasteiger partial charge in [0.2, 0.25) is 11.9 Å². The maximum absolute atomic E-state index is 12.8. The van der Waals surface area contributed by atoms with Gasteiger partial charge in [-0.3, -0.25) is 0 Å². The Kier molecular flexibility index (Phi) is 6.54. The van der Waals surface area contributed by atoms with E-state index in [0.717, 1.165) is 13.3 Å². The van der Waals surface area contributed by atoms with Gasteiger partial charge in [0.1, 0.15) is 6.04 Å². The number of nitrogens with zero attached hydrogens (tertiary/aromatic N) is 3. The van der Waals surface area contributed by atoms with Crippen molar-refractivity contribution in [3.63, 3.8) is 0 Å². The molecule has 7 nitrogen and oxygen atoms in total. The standard InChI is InChI=1S/C15H22F3N5O2/c1-9(15(16,17)18)20-14-22-12(10-4-3-5-11(24)8-10)21-13(23-14)19-6-7-25-2/h8-9,11,24H,3-7H2,1-2H3,(H2,19,20,21,22,23). The lowest BCUT2D eigenvalue weighted by molar-refractivity contribution is -0.138. The van der Waals surface area contributed by atoms with Crippen LogP contribution >= 0.6 is 0 Å². The topological polar surface area (TPSA) is 92.2 Å². The summed E-state index contributed by atoms with van der Waals surface area (Å²) in [5.74, 6) is 0.237. The van der Waals surface area contributed by atoms with E-state index in [4.69, 9.17) is 4.74 Å². The molecule has 0 spiro atoms. The normalized spacial score (nSPS) is 19.3. The Labute approximate surface area is 143 Å². The monoisotopic (exact) mass is 361 g/mol. The Morgan fingerprint density at radius 3 is 2.68 bits per heavy atom. The van der Waals surface area contributed by atoms with Gasteiger partial charge in [0.25, 0.3) is 0 Å². The lowest BCUT2D eigenvalue weighted by Crippen LogP contribution is -2.34. The predicted octanol–water partition coefficient (Wildman–Crippen LogP) is 2.22. The first-order valence-electron chi connectivity index (χ1n) is 8.01. The first-order chi connectivity index (χ1) is 11.8. The third-order valence-electron chi connectivity index (χ3n) is 3.69. The van der Waals surface area contributed by atoms with E-state index in [1.54, 1.807) is 6.08 Å². The smallest absolute Gasteiger partial charge is 0.389 e. The molecule has 2 rings (SSSR count). The summed E-state index contributed by atoms with van der Waals surface area (Å²) in [6, 6.07) is -1.81. The van der Waals surface area contributed by atoms with Crippen LogP contribution in [0.1, 0.15) is 32.0 Å². The highest BCUT2D eigenvalue weighted by Crippen LogP contribution is 2.27. The summed E-state index contributed by atoms with van der Waals surface area (Å²) in [4.78, 5) is 12.3. The zero-order valence-electron chi connectivity index (χ0n) is 14.1. The Morgan fingerprint density at radius 1 is 1.32 bits per heavy atom. The molecule has 140 valence electrons. The van der Waals surface area contributed by atoms with Crippen molar-refractivity contribution in [3.8, 4) is 0 Å². The number of aromatic nitrogens is 3. The molecule has 0 aromatic carbocycles. The van der Waals surface area contributed by atoms with Gasteiger partial charge in [0, 0.05) is 13.7 Å². The second kappa shape index (κ2) is 8.43. The van der Waals surface area contributed by atoms with E-state index in [0.29, 0.717) is 31.6 Å². The molecule has 1 aliphatic rings. The highest BCUT2D eigenvalue weighted by Gasteiger charge is 2.36. The van der Waals surface area contributed by atoms with E-state index < -0.39 is 18.3 Å². The average Bonchev–Trinajstić information content (AvgIpc) is 2.54. The van der Waals surface area contributed by atoms with Crippen LogP contribution in [-0.4, -0.2) is 58.6 Å². The first kappa shape index (κ1) is 19.4. The Bertz CT molecular complexity index is 609.